The number of carbonyl (C=O) groups is 2. The monoisotopic (exact) mass is 306 g/mol. The topological polar surface area (TPSA) is 103 Å². The summed E-state index contributed by atoms with van der Waals surface area (Å²) in [6.45, 7) is -0.150. The van der Waals surface area contributed by atoms with E-state index in [4.69, 9.17) is 14.6 Å². The lowest BCUT2D eigenvalue weighted by molar-refractivity contribution is 0.0695. The number of hydrogen-bond donors (Lipinski definition) is 3. The lowest BCUT2D eigenvalue weighted by Gasteiger charge is -2.21. The minimum absolute atomic E-state index is 0.0287. The highest BCUT2D eigenvalue weighted by molar-refractivity contribution is 5.88. The first-order valence-corrected chi connectivity index (χ1v) is 6.09. The molecule has 0 aliphatic carbocycles. The highest BCUT2D eigenvalue weighted by Crippen LogP contribution is 2.14. The second kappa shape index (κ2) is 7.58. The minimum atomic E-state index is -2.72. The van der Waals surface area contributed by atoms with Crippen LogP contribution in [0, 0.1) is 6.92 Å². The van der Waals surface area contributed by atoms with E-state index in [9.17, 15) is 18.4 Å². The summed E-state index contributed by atoms with van der Waals surface area (Å²) in [6, 6.07) is 0.455. The molecule has 0 bridgehead atoms. The number of halogens is 2. The predicted octanol–water partition coefficient (Wildman–Crippen LogP) is 1.06. The lowest BCUT2D eigenvalue weighted by Crippen LogP contribution is -2.43. The Bertz CT molecular complexity index is 504. The van der Waals surface area contributed by atoms with Crippen LogP contribution in [0.2, 0.25) is 0 Å². The molecule has 1 aromatic rings. The molecule has 1 aromatic heterocycles. The molecular weight excluding hydrogens is 290 g/mol. The molecule has 0 atom stereocenters. The number of carbonyl (C=O) groups excluding carboxylic acids is 1. The number of amides is 2. The summed E-state index contributed by atoms with van der Waals surface area (Å²) >= 11 is 0. The molecular formula is C12H16F2N2O5. The van der Waals surface area contributed by atoms with E-state index in [1.54, 1.807) is 0 Å². The molecule has 0 fully saturated rings. The van der Waals surface area contributed by atoms with Crippen LogP contribution < -0.4 is 5.32 Å². The summed E-state index contributed by atoms with van der Waals surface area (Å²) in [5.41, 5.74) is -0.0287. The van der Waals surface area contributed by atoms with E-state index in [1.807, 2.05) is 0 Å². The van der Waals surface area contributed by atoms with E-state index in [1.165, 1.54) is 13.0 Å². The summed E-state index contributed by atoms with van der Waals surface area (Å²) < 4.78 is 29.7. The van der Waals surface area contributed by atoms with Crippen LogP contribution >= 0.6 is 0 Å². The summed E-state index contributed by atoms with van der Waals surface area (Å²) in [5.74, 6) is -0.778. The Morgan fingerprint density at radius 1 is 1.48 bits per heavy atom. The van der Waals surface area contributed by atoms with Gasteiger partial charge in [0.15, 0.2) is 0 Å². The molecule has 1 rings (SSSR count). The molecule has 0 aliphatic heterocycles. The number of aliphatic hydroxyl groups is 1. The number of hydrogen-bond acceptors (Lipinski definition) is 4. The standard InChI is InChI=1S/C12H16F2N2O5/c1-7-9(11(18)19)4-8(21-7)5-15-12(20)16(2-3-17)6-10(13)14/h4,10,17H,2-3,5-6H2,1H3,(H,15,20)(H,18,19). The van der Waals surface area contributed by atoms with Gasteiger partial charge in [-0.15, -0.1) is 0 Å². The zero-order chi connectivity index (χ0) is 16.0. The maximum Gasteiger partial charge on any atom is 0.339 e. The fourth-order valence-corrected chi connectivity index (χ4v) is 1.68. The summed E-state index contributed by atoms with van der Waals surface area (Å²) in [5, 5.41) is 19.9. The number of aryl methyl sites for hydroxylation is 1. The van der Waals surface area contributed by atoms with Gasteiger partial charge in [0.2, 0.25) is 0 Å². The molecule has 0 radical (unpaired) electrons. The second-order valence-corrected chi connectivity index (χ2v) is 4.21. The van der Waals surface area contributed by atoms with Gasteiger partial charge in [-0.1, -0.05) is 0 Å². The van der Waals surface area contributed by atoms with Crippen molar-refractivity contribution in [1.82, 2.24) is 10.2 Å². The molecule has 118 valence electrons. The van der Waals surface area contributed by atoms with Gasteiger partial charge in [-0.2, -0.15) is 0 Å². The average Bonchev–Trinajstić information content (AvgIpc) is 2.76. The van der Waals surface area contributed by atoms with Crippen LogP contribution in [0.1, 0.15) is 21.9 Å². The zero-order valence-corrected chi connectivity index (χ0v) is 11.3. The molecule has 0 aliphatic rings. The Balaban J connectivity index is 2.62. The third kappa shape index (κ3) is 5.03. The number of rotatable bonds is 7. The van der Waals surface area contributed by atoms with Gasteiger partial charge in [0.25, 0.3) is 6.43 Å². The Labute approximate surface area is 119 Å². The molecule has 1 heterocycles. The quantitative estimate of drug-likeness (QED) is 0.699. The molecule has 3 N–H and O–H groups in total. The van der Waals surface area contributed by atoms with Gasteiger partial charge < -0.3 is 24.8 Å². The highest BCUT2D eigenvalue weighted by atomic mass is 19.3. The number of urea groups is 1. The van der Waals surface area contributed by atoms with Crippen molar-refractivity contribution in [2.75, 3.05) is 19.7 Å². The number of alkyl halides is 2. The van der Waals surface area contributed by atoms with Crippen LogP contribution in [0.25, 0.3) is 0 Å². The summed E-state index contributed by atoms with van der Waals surface area (Å²) in [4.78, 5) is 23.3. The number of nitrogens with one attached hydrogen (secondary N) is 1. The Morgan fingerprint density at radius 2 is 2.14 bits per heavy atom. The fourth-order valence-electron chi connectivity index (χ4n) is 1.68. The number of aromatic carboxylic acids is 1. The van der Waals surface area contributed by atoms with Crippen molar-refractivity contribution in [2.45, 2.75) is 19.9 Å². The van der Waals surface area contributed by atoms with Crippen LogP contribution in [0.3, 0.4) is 0 Å². The molecule has 0 aromatic carbocycles. The van der Waals surface area contributed by atoms with Crippen LogP contribution in [0.15, 0.2) is 10.5 Å². The van der Waals surface area contributed by atoms with E-state index in [0.717, 1.165) is 4.90 Å². The number of nitrogens with zero attached hydrogens (tertiary/aromatic N) is 1. The number of aliphatic hydroxyl groups excluding tert-OH is 1. The maximum absolute atomic E-state index is 12.3. The molecule has 0 saturated heterocycles. The molecule has 7 nitrogen and oxygen atoms in total. The molecule has 21 heavy (non-hydrogen) atoms. The number of furan rings is 1. The smallest absolute Gasteiger partial charge is 0.339 e. The third-order valence-corrected chi connectivity index (χ3v) is 2.63. The first-order chi connectivity index (χ1) is 9.85. The SMILES string of the molecule is Cc1oc(CNC(=O)N(CCO)CC(F)F)cc1C(=O)O. The van der Waals surface area contributed by atoms with Crippen LogP contribution in [-0.4, -0.2) is 53.2 Å². The van der Waals surface area contributed by atoms with Crippen molar-refractivity contribution in [3.63, 3.8) is 0 Å². The summed E-state index contributed by atoms with van der Waals surface area (Å²) in [6.07, 6.45) is -2.72. The average molecular weight is 306 g/mol. The van der Waals surface area contributed by atoms with Crippen molar-refractivity contribution in [1.29, 1.82) is 0 Å². The van der Waals surface area contributed by atoms with E-state index >= 15 is 0 Å². The summed E-state index contributed by atoms with van der Waals surface area (Å²) in [7, 11) is 0. The number of carboxylic acids is 1. The first kappa shape index (κ1) is 16.9. The van der Waals surface area contributed by atoms with Crippen LogP contribution in [0.5, 0.6) is 0 Å². The van der Waals surface area contributed by atoms with Crippen molar-refractivity contribution >= 4 is 12.0 Å². The van der Waals surface area contributed by atoms with Gasteiger partial charge in [-0.3, -0.25) is 0 Å². The van der Waals surface area contributed by atoms with Gasteiger partial charge in [-0.25, -0.2) is 18.4 Å². The van der Waals surface area contributed by atoms with Gasteiger partial charge in [0, 0.05) is 6.54 Å². The predicted molar refractivity (Wildman–Crippen MR) is 67.3 cm³/mol. The minimum Gasteiger partial charge on any atom is -0.478 e. The van der Waals surface area contributed by atoms with E-state index < -0.39 is 31.6 Å². The normalized spacial score (nSPS) is 10.7. The van der Waals surface area contributed by atoms with E-state index in [0.29, 0.717) is 0 Å². The lowest BCUT2D eigenvalue weighted by atomic mass is 10.2. The van der Waals surface area contributed by atoms with Gasteiger partial charge in [-0.05, 0) is 13.0 Å². The van der Waals surface area contributed by atoms with Gasteiger partial charge in [0.05, 0.1) is 19.7 Å². The van der Waals surface area contributed by atoms with Gasteiger partial charge >= 0.3 is 12.0 Å². The van der Waals surface area contributed by atoms with Crippen LogP contribution in [0.4, 0.5) is 13.6 Å². The number of carboxylic acid groups (broad SMARTS) is 1. The molecule has 0 saturated carbocycles. The first-order valence-electron chi connectivity index (χ1n) is 6.09. The Morgan fingerprint density at radius 3 is 2.62 bits per heavy atom. The molecule has 0 unspecified atom stereocenters. The molecule has 2 amide bonds. The van der Waals surface area contributed by atoms with Gasteiger partial charge in [0.1, 0.15) is 17.1 Å². The largest absolute Gasteiger partial charge is 0.478 e. The fraction of sp³-hybridized carbons (Fsp3) is 0.500. The molecule has 9 heteroatoms. The molecule has 0 spiro atoms. The highest BCUT2D eigenvalue weighted by Gasteiger charge is 2.19. The van der Waals surface area contributed by atoms with Crippen LogP contribution in [-0.2, 0) is 6.54 Å². The Hall–Kier alpha value is -2.16. The van der Waals surface area contributed by atoms with Crippen molar-refractivity contribution < 1.29 is 33.0 Å². The second-order valence-electron chi connectivity index (χ2n) is 4.21. The van der Waals surface area contributed by atoms with Crippen molar-refractivity contribution in [3.05, 3.63) is 23.2 Å². The van der Waals surface area contributed by atoms with E-state index in [2.05, 4.69) is 5.32 Å². The maximum atomic E-state index is 12.3. The van der Waals surface area contributed by atoms with E-state index in [-0.39, 0.29) is 30.2 Å². The zero-order valence-electron chi connectivity index (χ0n) is 11.3. The van der Waals surface area contributed by atoms with Crippen molar-refractivity contribution in [2.24, 2.45) is 0 Å². The van der Waals surface area contributed by atoms with Crippen molar-refractivity contribution in [3.8, 4) is 0 Å². The Kier molecular flexibility index (Phi) is 6.10. The third-order valence-electron chi connectivity index (χ3n) is 2.63.